The molecule has 0 unspecified atom stereocenters. The molecule has 9 aromatic carbocycles. The molecule has 13 rings (SSSR count). The van der Waals surface area contributed by atoms with Crippen molar-refractivity contribution in [1.29, 1.82) is 0 Å². The number of nitrogens with one attached hydrogen (secondary N) is 1. The second-order valence-corrected chi connectivity index (χ2v) is 16.5. The molecule has 0 fully saturated rings. The van der Waals surface area contributed by atoms with Gasteiger partial charge in [0.05, 0.1) is 34.9 Å². The number of anilines is 4. The SMILES string of the molecule is [2H]c1c([2H])c([2H])c(-c2cccc(-c3ccccc3)c2N2CN(c3cccc(-c4cc5[nH]c6ccccc6c5cc4-c4ccc5c6ccccc6n(-c6ccccn6)c5c4)c3)c3ccccc32)c([2H])c1[2H]. The van der Waals surface area contributed by atoms with Crippen LogP contribution in [0.15, 0.2) is 231 Å². The Morgan fingerprint density at radius 3 is 1.95 bits per heavy atom. The second kappa shape index (κ2) is 15.0. The highest BCUT2D eigenvalue weighted by molar-refractivity contribution is 6.13. The number of aromatic amines is 1. The van der Waals surface area contributed by atoms with E-state index in [4.69, 9.17) is 11.8 Å². The van der Waals surface area contributed by atoms with Gasteiger partial charge in [0.25, 0.3) is 0 Å². The molecule has 3 aromatic heterocycles. The van der Waals surface area contributed by atoms with Crippen LogP contribution in [-0.4, -0.2) is 21.2 Å². The molecule has 1 aliphatic rings. The predicted molar refractivity (Wildman–Crippen MR) is 272 cm³/mol. The Balaban J connectivity index is 0.991. The fourth-order valence-electron chi connectivity index (χ4n) is 9.99. The third-order valence-electron chi connectivity index (χ3n) is 12.9. The molecule has 0 radical (unpaired) electrons. The van der Waals surface area contributed by atoms with E-state index in [9.17, 15) is 0 Å². The van der Waals surface area contributed by atoms with E-state index in [0.29, 0.717) is 12.2 Å². The number of aromatic nitrogens is 3. The number of pyridine rings is 1. The lowest BCUT2D eigenvalue weighted by molar-refractivity contribution is 0.993. The van der Waals surface area contributed by atoms with Crippen molar-refractivity contribution >= 4 is 66.4 Å². The zero-order valence-corrected chi connectivity index (χ0v) is 35.0. The summed E-state index contributed by atoms with van der Waals surface area (Å²) in [6.45, 7) is 0.390. The molecule has 0 amide bonds. The Kier molecular flexibility index (Phi) is 7.40. The molecule has 4 heterocycles. The van der Waals surface area contributed by atoms with Crippen molar-refractivity contribution in [3.05, 3.63) is 231 Å². The maximum atomic E-state index is 9.11. The van der Waals surface area contributed by atoms with E-state index in [-0.39, 0.29) is 29.7 Å². The van der Waals surface area contributed by atoms with Gasteiger partial charge in [-0.2, -0.15) is 0 Å². The summed E-state index contributed by atoms with van der Waals surface area (Å²) in [5.74, 6) is 0.859. The first-order chi connectivity index (χ1) is 34.3. The van der Waals surface area contributed by atoms with E-state index in [0.717, 1.165) is 100 Å². The number of H-pyrrole nitrogens is 1. The highest BCUT2D eigenvalue weighted by Crippen LogP contribution is 2.51. The van der Waals surface area contributed by atoms with Gasteiger partial charge in [-0.25, -0.2) is 4.98 Å². The topological polar surface area (TPSA) is 40.1 Å². The summed E-state index contributed by atoms with van der Waals surface area (Å²) in [4.78, 5) is 13.0. The van der Waals surface area contributed by atoms with Gasteiger partial charge in [-0.3, -0.25) is 4.57 Å². The molecule has 5 heteroatoms. The van der Waals surface area contributed by atoms with Crippen molar-refractivity contribution < 1.29 is 6.85 Å². The molecular weight excluding hydrogens is 791 g/mol. The van der Waals surface area contributed by atoms with Crippen LogP contribution >= 0.6 is 0 Å². The monoisotopic (exact) mass is 836 g/mol. The Bertz CT molecular complexity index is 4040. The molecule has 5 nitrogen and oxygen atoms in total. The maximum absolute atomic E-state index is 9.11. The molecule has 0 bridgehead atoms. The average molecular weight is 837 g/mol. The molecule has 0 atom stereocenters. The van der Waals surface area contributed by atoms with E-state index in [1.807, 2.05) is 79.0 Å². The summed E-state index contributed by atoms with van der Waals surface area (Å²) in [6.07, 6.45) is 1.84. The smallest absolute Gasteiger partial charge is 0.137 e. The lowest BCUT2D eigenvalue weighted by atomic mass is 9.92. The van der Waals surface area contributed by atoms with Crippen LogP contribution in [0.5, 0.6) is 0 Å². The molecule has 0 saturated carbocycles. The summed E-state index contributed by atoms with van der Waals surface area (Å²) in [7, 11) is 0. The normalized spacial score (nSPS) is 13.6. The largest absolute Gasteiger partial charge is 0.354 e. The van der Waals surface area contributed by atoms with Crippen LogP contribution in [-0.2, 0) is 0 Å². The minimum Gasteiger partial charge on any atom is -0.354 e. The standard InChI is InChI=1S/C60H41N5/c1-3-17-40(18-4-1)45-25-16-26-46(41-19-5-2-6-20-41)60(45)64-39-63(56-29-11-12-30-57(56)64)44-22-15-21-42(35-44)51-38-54-52(47-23-7-9-27-53(47)62-54)37-50(51)43-32-33-49-48-24-8-10-28-55(48)65(58(49)36-43)59-31-13-14-34-61-59/h1-38,62H,39H2/i1D,3D,4D,17D,18D. The van der Waals surface area contributed by atoms with Gasteiger partial charge in [-0.15, -0.1) is 0 Å². The van der Waals surface area contributed by atoms with E-state index in [1.165, 1.54) is 5.39 Å². The van der Waals surface area contributed by atoms with E-state index >= 15 is 0 Å². The first-order valence-corrected chi connectivity index (χ1v) is 21.8. The van der Waals surface area contributed by atoms with Gasteiger partial charge in [0, 0.05) is 55.6 Å². The van der Waals surface area contributed by atoms with Gasteiger partial charge < -0.3 is 14.8 Å². The molecule has 1 N–H and O–H groups in total. The summed E-state index contributed by atoms with van der Waals surface area (Å²) < 4.78 is 46.2. The molecule has 0 aliphatic carbocycles. The zero-order valence-electron chi connectivity index (χ0n) is 40.0. The quantitative estimate of drug-likeness (QED) is 0.174. The number of rotatable bonds is 7. The van der Waals surface area contributed by atoms with Gasteiger partial charge in [-0.05, 0) is 100 Å². The molecule has 306 valence electrons. The van der Waals surface area contributed by atoms with Gasteiger partial charge in [-0.1, -0.05) is 158 Å². The number of benzene rings is 9. The van der Waals surface area contributed by atoms with E-state index in [2.05, 4.69) is 141 Å². The summed E-state index contributed by atoms with van der Waals surface area (Å²) in [5, 5.41) is 4.63. The lowest BCUT2D eigenvalue weighted by Crippen LogP contribution is -2.25. The zero-order chi connectivity index (χ0) is 47.2. The van der Waals surface area contributed by atoms with Gasteiger partial charge in [0.1, 0.15) is 12.5 Å². The Morgan fingerprint density at radius 1 is 0.431 bits per heavy atom. The van der Waals surface area contributed by atoms with Crippen LogP contribution in [0.2, 0.25) is 0 Å². The van der Waals surface area contributed by atoms with Crippen molar-refractivity contribution in [2.75, 3.05) is 16.5 Å². The summed E-state index contributed by atoms with van der Waals surface area (Å²) >= 11 is 0. The Labute approximate surface area is 383 Å². The van der Waals surface area contributed by atoms with Crippen molar-refractivity contribution in [2.24, 2.45) is 0 Å². The summed E-state index contributed by atoms with van der Waals surface area (Å²) in [5.41, 5.74) is 14.8. The van der Waals surface area contributed by atoms with Gasteiger partial charge >= 0.3 is 0 Å². The molecule has 1 aliphatic heterocycles. The Hall–Kier alpha value is -8.67. The molecule has 65 heavy (non-hydrogen) atoms. The third-order valence-corrected chi connectivity index (χ3v) is 12.9. The number of hydrogen-bond donors (Lipinski definition) is 1. The fourth-order valence-corrected chi connectivity index (χ4v) is 9.99. The minimum atomic E-state index is -0.419. The average Bonchev–Trinajstić information content (AvgIpc) is 4.09. The highest BCUT2D eigenvalue weighted by Gasteiger charge is 2.31. The fraction of sp³-hybridized carbons (Fsp3) is 0.0167. The lowest BCUT2D eigenvalue weighted by Gasteiger charge is -2.27. The van der Waals surface area contributed by atoms with Crippen molar-refractivity contribution in [1.82, 2.24) is 14.5 Å². The number of hydrogen-bond acceptors (Lipinski definition) is 3. The third kappa shape index (κ3) is 6.05. The predicted octanol–water partition coefficient (Wildman–Crippen LogP) is 15.7. The number of nitrogens with zero attached hydrogens (tertiary/aromatic N) is 4. The number of fused-ring (bicyclic) bond motifs is 7. The van der Waals surface area contributed by atoms with Crippen molar-refractivity contribution in [2.45, 2.75) is 0 Å². The van der Waals surface area contributed by atoms with Crippen LogP contribution in [0.25, 0.3) is 93.9 Å². The molecule has 12 aromatic rings. The second-order valence-electron chi connectivity index (χ2n) is 16.5. The van der Waals surface area contributed by atoms with Crippen LogP contribution in [0.3, 0.4) is 0 Å². The van der Waals surface area contributed by atoms with Crippen molar-refractivity contribution in [3.8, 4) is 50.3 Å². The summed E-state index contributed by atoms with van der Waals surface area (Å²) in [6, 6.07) is 65.6. The molecule has 0 saturated heterocycles. The van der Waals surface area contributed by atoms with Crippen LogP contribution in [0.4, 0.5) is 22.7 Å². The first-order valence-electron chi connectivity index (χ1n) is 24.3. The maximum Gasteiger partial charge on any atom is 0.137 e. The molecular formula is C60H41N5. The van der Waals surface area contributed by atoms with E-state index in [1.54, 1.807) is 0 Å². The van der Waals surface area contributed by atoms with Crippen LogP contribution in [0, 0.1) is 0 Å². The number of para-hydroxylation sites is 5. The van der Waals surface area contributed by atoms with Crippen LogP contribution < -0.4 is 9.80 Å². The van der Waals surface area contributed by atoms with Crippen LogP contribution in [0.1, 0.15) is 6.85 Å². The minimum absolute atomic E-state index is 0.162. The van der Waals surface area contributed by atoms with Crippen molar-refractivity contribution in [3.63, 3.8) is 0 Å². The van der Waals surface area contributed by atoms with Gasteiger partial charge in [0.15, 0.2) is 0 Å². The Morgan fingerprint density at radius 2 is 1.11 bits per heavy atom. The van der Waals surface area contributed by atoms with E-state index < -0.39 is 6.04 Å². The first kappa shape index (κ1) is 32.1. The van der Waals surface area contributed by atoms with Gasteiger partial charge in [0.2, 0.25) is 0 Å². The molecule has 0 spiro atoms. The highest BCUT2D eigenvalue weighted by atomic mass is 15.4.